The summed E-state index contributed by atoms with van der Waals surface area (Å²) < 4.78 is 5.20. The highest BCUT2D eigenvalue weighted by Gasteiger charge is 2.24. The first kappa shape index (κ1) is 17.0. The monoisotopic (exact) mass is 298 g/mol. The van der Waals surface area contributed by atoms with Crippen LogP contribution in [-0.2, 0) is 16.0 Å². The van der Waals surface area contributed by atoms with Crippen molar-refractivity contribution < 1.29 is 9.53 Å². The molecule has 1 aliphatic heterocycles. The molecule has 20 heavy (non-hydrogen) atoms. The van der Waals surface area contributed by atoms with Crippen LogP contribution in [0.25, 0.3) is 0 Å². The summed E-state index contributed by atoms with van der Waals surface area (Å²) in [6.07, 6.45) is 2.22. The molecule has 1 amide bonds. The highest BCUT2D eigenvalue weighted by Crippen LogP contribution is 2.28. The normalized spacial score (nSPS) is 15.2. The predicted molar refractivity (Wildman–Crippen MR) is 83.6 cm³/mol. The van der Waals surface area contributed by atoms with Crippen LogP contribution in [0.1, 0.15) is 24.0 Å². The number of hydrogen-bond acceptors (Lipinski definition) is 3. The van der Waals surface area contributed by atoms with Crippen LogP contribution in [-0.4, -0.2) is 32.2 Å². The number of rotatable bonds is 4. The number of benzene rings is 1. The summed E-state index contributed by atoms with van der Waals surface area (Å²) in [5.74, 6) is 0.0992. The maximum Gasteiger partial charge on any atom is 0.229 e. The molecule has 5 heteroatoms. The van der Waals surface area contributed by atoms with E-state index in [0.29, 0.717) is 13.0 Å². The number of nitrogens with zero attached hydrogens (tertiary/aromatic N) is 1. The van der Waals surface area contributed by atoms with Gasteiger partial charge in [0.25, 0.3) is 0 Å². The van der Waals surface area contributed by atoms with Crippen LogP contribution in [0.2, 0.25) is 0 Å². The van der Waals surface area contributed by atoms with Gasteiger partial charge < -0.3 is 15.4 Å². The van der Waals surface area contributed by atoms with Gasteiger partial charge in [-0.2, -0.15) is 0 Å². The van der Waals surface area contributed by atoms with Gasteiger partial charge in [0.05, 0.1) is 12.5 Å². The van der Waals surface area contributed by atoms with Gasteiger partial charge in [0, 0.05) is 25.9 Å². The summed E-state index contributed by atoms with van der Waals surface area (Å²) in [4.78, 5) is 14.2. The van der Waals surface area contributed by atoms with Crippen molar-refractivity contribution in [2.45, 2.75) is 32.3 Å². The number of amides is 1. The van der Waals surface area contributed by atoms with Gasteiger partial charge in [-0.05, 0) is 31.4 Å². The lowest BCUT2D eigenvalue weighted by Gasteiger charge is -2.30. The SMILES string of the molecule is COC(CN)CC(=O)N1CCCc2cc(C)ccc21.Cl. The molecule has 0 saturated carbocycles. The van der Waals surface area contributed by atoms with Gasteiger partial charge >= 0.3 is 0 Å². The molecule has 0 radical (unpaired) electrons. The molecule has 4 nitrogen and oxygen atoms in total. The van der Waals surface area contributed by atoms with Crippen LogP contribution in [0.15, 0.2) is 18.2 Å². The van der Waals surface area contributed by atoms with Crippen LogP contribution in [0.5, 0.6) is 0 Å². The summed E-state index contributed by atoms with van der Waals surface area (Å²) in [5, 5.41) is 0. The average Bonchev–Trinajstić information content (AvgIpc) is 2.43. The van der Waals surface area contributed by atoms with Gasteiger partial charge in [0.1, 0.15) is 0 Å². The minimum atomic E-state index is -0.191. The first-order chi connectivity index (χ1) is 9.15. The first-order valence-corrected chi connectivity index (χ1v) is 6.78. The van der Waals surface area contributed by atoms with Gasteiger partial charge in [-0.25, -0.2) is 0 Å². The quantitative estimate of drug-likeness (QED) is 0.926. The molecular weight excluding hydrogens is 276 g/mol. The smallest absolute Gasteiger partial charge is 0.229 e. The Bertz CT molecular complexity index is 461. The van der Waals surface area contributed by atoms with Crippen molar-refractivity contribution in [1.29, 1.82) is 0 Å². The van der Waals surface area contributed by atoms with E-state index in [1.165, 1.54) is 11.1 Å². The van der Waals surface area contributed by atoms with Gasteiger partial charge in [-0.3, -0.25) is 4.79 Å². The Labute approximate surface area is 126 Å². The number of anilines is 1. The van der Waals surface area contributed by atoms with Crippen molar-refractivity contribution in [2.24, 2.45) is 5.73 Å². The minimum absolute atomic E-state index is 0. The summed E-state index contributed by atoms with van der Waals surface area (Å²) in [6.45, 7) is 3.24. The third-order valence-corrected chi connectivity index (χ3v) is 3.65. The molecule has 0 aliphatic carbocycles. The summed E-state index contributed by atoms with van der Waals surface area (Å²) >= 11 is 0. The topological polar surface area (TPSA) is 55.6 Å². The number of ether oxygens (including phenoxy) is 1. The van der Waals surface area contributed by atoms with E-state index in [1.807, 2.05) is 11.0 Å². The Kier molecular flexibility index (Phi) is 6.46. The second kappa shape index (κ2) is 7.62. The largest absolute Gasteiger partial charge is 0.380 e. The predicted octanol–water partition coefficient (Wildman–Crippen LogP) is 2.06. The number of carbonyl (C=O) groups excluding carboxylic acids is 1. The molecule has 112 valence electrons. The van der Waals surface area contributed by atoms with Crippen molar-refractivity contribution >= 4 is 24.0 Å². The Morgan fingerprint density at radius 3 is 2.90 bits per heavy atom. The number of nitrogens with two attached hydrogens (primary N) is 1. The minimum Gasteiger partial charge on any atom is -0.380 e. The molecule has 0 spiro atoms. The number of methoxy groups -OCH3 is 1. The van der Waals surface area contributed by atoms with Crippen molar-refractivity contribution in [2.75, 3.05) is 25.1 Å². The van der Waals surface area contributed by atoms with Crippen molar-refractivity contribution in [1.82, 2.24) is 0 Å². The Morgan fingerprint density at radius 1 is 1.50 bits per heavy atom. The van der Waals surface area contributed by atoms with Crippen LogP contribution in [0.3, 0.4) is 0 Å². The molecule has 2 rings (SSSR count). The van der Waals surface area contributed by atoms with Gasteiger partial charge in [0.15, 0.2) is 0 Å². The lowest BCUT2D eigenvalue weighted by molar-refractivity contribution is -0.120. The fraction of sp³-hybridized carbons (Fsp3) is 0.533. The Balaban J connectivity index is 0.00000200. The molecule has 2 N–H and O–H groups in total. The third kappa shape index (κ3) is 3.72. The second-order valence-corrected chi connectivity index (χ2v) is 5.08. The molecule has 1 aromatic rings. The summed E-state index contributed by atoms with van der Waals surface area (Å²) in [6, 6.07) is 6.28. The number of hydrogen-bond donors (Lipinski definition) is 1. The molecule has 0 aromatic heterocycles. The van der Waals surface area contributed by atoms with E-state index in [9.17, 15) is 4.79 Å². The fourth-order valence-electron chi connectivity index (χ4n) is 2.55. The van der Waals surface area contributed by atoms with E-state index in [-0.39, 0.29) is 24.4 Å². The lowest BCUT2D eigenvalue weighted by Crippen LogP contribution is -2.39. The van der Waals surface area contributed by atoms with Crippen molar-refractivity contribution in [3.05, 3.63) is 29.3 Å². The maximum atomic E-state index is 12.4. The molecule has 1 aliphatic rings. The number of aryl methyl sites for hydroxylation is 2. The highest BCUT2D eigenvalue weighted by molar-refractivity contribution is 5.94. The molecule has 1 heterocycles. The van der Waals surface area contributed by atoms with Gasteiger partial charge in [0.2, 0.25) is 5.91 Å². The molecule has 1 atom stereocenters. The van der Waals surface area contributed by atoms with Crippen LogP contribution in [0, 0.1) is 6.92 Å². The van der Waals surface area contributed by atoms with E-state index >= 15 is 0 Å². The Morgan fingerprint density at radius 2 is 2.25 bits per heavy atom. The molecule has 1 aromatic carbocycles. The first-order valence-electron chi connectivity index (χ1n) is 6.78. The highest BCUT2D eigenvalue weighted by atomic mass is 35.5. The van der Waals surface area contributed by atoms with Crippen LogP contribution < -0.4 is 10.6 Å². The van der Waals surface area contributed by atoms with Crippen molar-refractivity contribution in [3.8, 4) is 0 Å². The van der Waals surface area contributed by atoms with Crippen molar-refractivity contribution in [3.63, 3.8) is 0 Å². The van der Waals surface area contributed by atoms with E-state index in [4.69, 9.17) is 10.5 Å². The van der Waals surface area contributed by atoms with Gasteiger partial charge in [-0.1, -0.05) is 17.7 Å². The second-order valence-electron chi connectivity index (χ2n) is 5.08. The van der Waals surface area contributed by atoms with Crippen LogP contribution in [0.4, 0.5) is 5.69 Å². The lowest BCUT2D eigenvalue weighted by atomic mass is 9.99. The Hall–Kier alpha value is -1.10. The van der Waals surface area contributed by atoms with Crippen LogP contribution >= 0.6 is 12.4 Å². The maximum absolute atomic E-state index is 12.4. The number of carbonyl (C=O) groups is 1. The number of fused-ring (bicyclic) bond motifs is 1. The zero-order valence-electron chi connectivity index (χ0n) is 12.1. The fourth-order valence-corrected chi connectivity index (χ4v) is 2.55. The summed E-state index contributed by atoms with van der Waals surface area (Å²) in [7, 11) is 1.60. The third-order valence-electron chi connectivity index (χ3n) is 3.65. The van der Waals surface area contributed by atoms with E-state index in [0.717, 1.165) is 25.1 Å². The van der Waals surface area contributed by atoms with E-state index in [1.54, 1.807) is 7.11 Å². The molecule has 0 bridgehead atoms. The average molecular weight is 299 g/mol. The zero-order chi connectivity index (χ0) is 13.8. The molecule has 1 unspecified atom stereocenters. The molecule has 0 fully saturated rings. The number of halogens is 1. The zero-order valence-corrected chi connectivity index (χ0v) is 12.9. The molecule has 0 saturated heterocycles. The standard InChI is InChI=1S/C15H22N2O2.ClH/c1-11-5-6-14-12(8-11)4-3-7-17(14)15(18)9-13(10-16)19-2;/h5-6,8,13H,3-4,7,9-10,16H2,1-2H3;1H. The van der Waals surface area contributed by atoms with Gasteiger partial charge in [-0.15, -0.1) is 12.4 Å². The molecular formula is C15H23ClN2O2. The summed E-state index contributed by atoms with van der Waals surface area (Å²) in [5.41, 5.74) is 9.14. The van der Waals surface area contributed by atoms with E-state index < -0.39 is 0 Å². The van der Waals surface area contributed by atoms with E-state index in [2.05, 4.69) is 19.1 Å².